The number of anilines is 6. The molecule has 0 aliphatic carbocycles. The van der Waals surface area contributed by atoms with E-state index in [0.717, 1.165) is 62.0 Å². The van der Waals surface area contributed by atoms with Gasteiger partial charge in [-0.15, -0.1) is 0 Å². The Hall–Kier alpha value is -6.98. The first-order valence-corrected chi connectivity index (χ1v) is 17.6. The SMILES string of the molecule is Fc1ccc(N(c2ccccc2)c2cc(-c3ccc4c5ccccc5n(-c5ccccc5)c4c3)cc(N(c3ccccc3)c3ccc(F)cc3)c2)cc1. The smallest absolute Gasteiger partial charge is 0.123 e. The molecule has 0 unspecified atom stereocenters. The van der Waals surface area contributed by atoms with Gasteiger partial charge >= 0.3 is 0 Å². The van der Waals surface area contributed by atoms with Crippen LogP contribution in [-0.2, 0) is 0 Å². The van der Waals surface area contributed by atoms with Crippen LogP contribution in [0.3, 0.4) is 0 Å². The zero-order chi connectivity index (χ0) is 35.7. The predicted molar refractivity (Wildman–Crippen MR) is 215 cm³/mol. The summed E-state index contributed by atoms with van der Waals surface area (Å²) in [6.45, 7) is 0. The largest absolute Gasteiger partial charge is 0.310 e. The molecule has 8 aromatic carbocycles. The Morgan fingerprint density at radius 1 is 0.321 bits per heavy atom. The molecule has 53 heavy (non-hydrogen) atoms. The highest BCUT2D eigenvalue weighted by molar-refractivity contribution is 6.10. The number of hydrogen-bond acceptors (Lipinski definition) is 2. The summed E-state index contributed by atoms with van der Waals surface area (Å²) in [5.41, 5.74) is 10.6. The van der Waals surface area contributed by atoms with Crippen LogP contribution in [0.2, 0.25) is 0 Å². The second-order valence-corrected chi connectivity index (χ2v) is 13.0. The van der Waals surface area contributed by atoms with Gasteiger partial charge in [0.15, 0.2) is 0 Å². The van der Waals surface area contributed by atoms with Gasteiger partial charge in [-0.2, -0.15) is 0 Å². The summed E-state index contributed by atoms with van der Waals surface area (Å²) in [6, 6.07) is 65.4. The Labute approximate surface area is 306 Å². The van der Waals surface area contributed by atoms with E-state index in [2.05, 4.69) is 124 Å². The van der Waals surface area contributed by atoms with Crippen LogP contribution < -0.4 is 9.80 Å². The molecule has 0 N–H and O–H groups in total. The van der Waals surface area contributed by atoms with E-state index in [1.54, 1.807) is 24.3 Å². The van der Waals surface area contributed by atoms with Crippen molar-refractivity contribution < 1.29 is 8.78 Å². The molecule has 0 amide bonds. The Morgan fingerprint density at radius 2 is 0.774 bits per heavy atom. The third-order valence-electron chi connectivity index (χ3n) is 9.64. The minimum Gasteiger partial charge on any atom is -0.310 e. The fraction of sp³-hybridized carbons (Fsp3) is 0. The molecule has 0 fully saturated rings. The summed E-state index contributed by atoms with van der Waals surface area (Å²) in [6.07, 6.45) is 0. The van der Waals surface area contributed by atoms with E-state index in [9.17, 15) is 8.78 Å². The maximum Gasteiger partial charge on any atom is 0.123 e. The van der Waals surface area contributed by atoms with Crippen LogP contribution >= 0.6 is 0 Å². The van der Waals surface area contributed by atoms with Crippen molar-refractivity contribution in [3.63, 3.8) is 0 Å². The number of rotatable bonds is 8. The standard InChI is InChI=1S/C48H33F2N3/c49-36-21-25-41(26-22-36)51(38-12-4-1-5-13-38)43-30-35(31-44(33-43)52(39-14-6-2-7-15-39)42-27-23-37(50)24-28-42)34-20-29-46-45-18-10-11-19-47(45)53(48(46)32-34)40-16-8-3-9-17-40/h1-33H. The Kier molecular flexibility index (Phi) is 8.22. The van der Waals surface area contributed by atoms with Gasteiger partial charge in [-0.05, 0) is 126 Å². The van der Waals surface area contributed by atoms with Crippen molar-refractivity contribution in [2.45, 2.75) is 0 Å². The van der Waals surface area contributed by atoms with Crippen LogP contribution in [0, 0.1) is 11.6 Å². The van der Waals surface area contributed by atoms with Gasteiger partial charge in [-0.1, -0.05) is 84.9 Å². The van der Waals surface area contributed by atoms with E-state index in [4.69, 9.17) is 0 Å². The van der Waals surface area contributed by atoms with Crippen molar-refractivity contribution in [3.05, 3.63) is 212 Å². The number of aromatic nitrogens is 1. The number of para-hydroxylation sites is 4. The minimum atomic E-state index is -0.301. The van der Waals surface area contributed by atoms with Gasteiger partial charge in [0, 0.05) is 50.6 Å². The molecule has 0 radical (unpaired) electrons. The molecule has 1 aromatic heterocycles. The second kappa shape index (κ2) is 13.6. The van der Waals surface area contributed by atoms with Gasteiger partial charge in [0.25, 0.3) is 0 Å². The molecule has 0 spiro atoms. The molecular formula is C48H33F2N3. The maximum atomic E-state index is 14.3. The first kappa shape index (κ1) is 32.0. The van der Waals surface area contributed by atoms with Crippen LogP contribution in [0.1, 0.15) is 0 Å². The predicted octanol–water partition coefficient (Wildman–Crippen LogP) is 13.7. The molecule has 1 heterocycles. The van der Waals surface area contributed by atoms with Crippen LogP contribution in [0.4, 0.5) is 42.9 Å². The van der Waals surface area contributed by atoms with Crippen molar-refractivity contribution in [2.24, 2.45) is 0 Å². The third-order valence-corrected chi connectivity index (χ3v) is 9.64. The molecular weight excluding hydrogens is 657 g/mol. The highest BCUT2D eigenvalue weighted by Gasteiger charge is 2.20. The third kappa shape index (κ3) is 6.08. The zero-order valence-corrected chi connectivity index (χ0v) is 28.7. The van der Waals surface area contributed by atoms with Crippen molar-refractivity contribution in [1.82, 2.24) is 4.57 Å². The van der Waals surface area contributed by atoms with Gasteiger partial charge in [0.05, 0.1) is 11.0 Å². The molecule has 9 rings (SSSR count). The summed E-state index contributed by atoms with van der Waals surface area (Å²) in [5, 5.41) is 2.35. The molecule has 9 aromatic rings. The normalized spacial score (nSPS) is 11.2. The highest BCUT2D eigenvalue weighted by atomic mass is 19.1. The number of nitrogens with zero attached hydrogens (tertiary/aromatic N) is 3. The zero-order valence-electron chi connectivity index (χ0n) is 28.7. The first-order valence-electron chi connectivity index (χ1n) is 17.6. The topological polar surface area (TPSA) is 11.4 Å². The van der Waals surface area contributed by atoms with Crippen molar-refractivity contribution in [3.8, 4) is 16.8 Å². The second-order valence-electron chi connectivity index (χ2n) is 13.0. The van der Waals surface area contributed by atoms with Gasteiger partial charge in [0.2, 0.25) is 0 Å². The summed E-state index contributed by atoms with van der Waals surface area (Å²) in [5.74, 6) is -0.602. The quantitative estimate of drug-likeness (QED) is 0.157. The Morgan fingerprint density at radius 3 is 1.32 bits per heavy atom. The summed E-state index contributed by atoms with van der Waals surface area (Å²) in [7, 11) is 0. The fourth-order valence-corrected chi connectivity index (χ4v) is 7.25. The molecule has 3 nitrogen and oxygen atoms in total. The lowest BCUT2D eigenvalue weighted by atomic mass is 10.0. The van der Waals surface area contributed by atoms with Gasteiger partial charge < -0.3 is 14.4 Å². The molecule has 0 aliphatic heterocycles. The number of benzene rings is 8. The lowest BCUT2D eigenvalue weighted by Gasteiger charge is -2.30. The Bertz CT molecular complexity index is 2570. The summed E-state index contributed by atoms with van der Waals surface area (Å²) >= 11 is 0. The number of fused-ring (bicyclic) bond motifs is 3. The van der Waals surface area contributed by atoms with Crippen LogP contribution in [0.25, 0.3) is 38.6 Å². The Balaban J connectivity index is 1.32. The van der Waals surface area contributed by atoms with Crippen LogP contribution in [0.5, 0.6) is 0 Å². The van der Waals surface area contributed by atoms with E-state index >= 15 is 0 Å². The first-order chi connectivity index (χ1) is 26.1. The van der Waals surface area contributed by atoms with Crippen molar-refractivity contribution in [1.29, 1.82) is 0 Å². The lowest BCUT2D eigenvalue weighted by Crippen LogP contribution is -2.13. The highest BCUT2D eigenvalue weighted by Crippen LogP contribution is 2.44. The van der Waals surface area contributed by atoms with Crippen molar-refractivity contribution >= 4 is 55.9 Å². The molecule has 0 atom stereocenters. The average molecular weight is 690 g/mol. The van der Waals surface area contributed by atoms with Gasteiger partial charge in [0.1, 0.15) is 11.6 Å². The van der Waals surface area contributed by atoms with E-state index in [-0.39, 0.29) is 11.6 Å². The minimum absolute atomic E-state index is 0.301. The lowest BCUT2D eigenvalue weighted by molar-refractivity contribution is 0.627. The summed E-state index contributed by atoms with van der Waals surface area (Å²) in [4.78, 5) is 4.28. The monoisotopic (exact) mass is 689 g/mol. The van der Waals surface area contributed by atoms with Gasteiger partial charge in [-0.25, -0.2) is 8.78 Å². The van der Waals surface area contributed by atoms with Crippen LogP contribution in [0.15, 0.2) is 200 Å². The molecule has 0 bridgehead atoms. The van der Waals surface area contributed by atoms with E-state index in [0.29, 0.717) is 0 Å². The molecule has 0 saturated heterocycles. The molecule has 254 valence electrons. The van der Waals surface area contributed by atoms with Crippen molar-refractivity contribution in [2.75, 3.05) is 9.80 Å². The average Bonchev–Trinajstić information content (AvgIpc) is 3.54. The van der Waals surface area contributed by atoms with E-state index in [1.165, 1.54) is 35.0 Å². The van der Waals surface area contributed by atoms with Gasteiger partial charge in [-0.3, -0.25) is 0 Å². The van der Waals surface area contributed by atoms with Crippen LogP contribution in [-0.4, -0.2) is 4.57 Å². The maximum absolute atomic E-state index is 14.3. The number of hydrogen-bond donors (Lipinski definition) is 0. The number of halogens is 2. The van der Waals surface area contributed by atoms with E-state index < -0.39 is 0 Å². The fourth-order valence-electron chi connectivity index (χ4n) is 7.25. The molecule has 0 saturated carbocycles. The van der Waals surface area contributed by atoms with E-state index in [1.807, 2.05) is 42.5 Å². The summed E-state index contributed by atoms with van der Waals surface area (Å²) < 4.78 is 31.0. The molecule has 5 heteroatoms. The molecule has 0 aliphatic rings.